The van der Waals surface area contributed by atoms with Crippen LogP contribution in [-0.2, 0) is 0 Å². The predicted octanol–water partition coefficient (Wildman–Crippen LogP) is 2.12. The van der Waals surface area contributed by atoms with Crippen LogP contribution < -0.4 is 5.32 Å². The Morgan fingerprint density at radius 1 is 1.21 bits per heavy atom. The highest BCUT2D eigenvalue weighted by Gasteiger charge is 2.09. The van der Waals surface area contributed by atoms with E-state index in [0.717, 1.165) is 0 Å². The third-order valence-electron chi connectivity index (χ3n) is 2.63. The SMILES string of the molecule is O=C(Nc1cnc2cccnn12)c1ccc(F)cc1. The number of hydrogen-bond acceptors (Lipinski definition) is 3. The minimum Gasteiger partial charge on any atom is -0.305 e. The number of rotatable bonds is 2. The summed E-state index contributed by atoms with van der Waals surface area (Å²) in [5.74, 6) is -0.259. The van der Waals surface area contributed by atoms with Gasteiger partial charge < -0.3 is 5.32 Å². The number of benzene rings is 1. The van der Waals surface area contributed by atoms with Gasteiger partial charge in [0.2, 0.25) is 0 Å². The van der Waals surface area contributed by atoms with Gasteiger partial charge in [0.25, 0.3) is 5.91 Å². The van der Waals surface area contributed by atoms with Gasteiger partial charge in [-0.05, 0) is 36.4 Å². The predicted molar refractivity (Wildman–Crippen MR) is 67.3 cm³/mol. The average molecular weight is 256 g/mol. The second-order valence-corrected chi connectivity index (χ2v) is 3.90. The molecule has 0 atom stereocenters. The summed E-state index contributed by atoms with van der Waals surface area (Å²) in [6, 6.07) is 8.85. The Labute approximate surface area is 107 Å². The lowest BCUT2D eigenvalue weighted by Gasteiger charge is -2.03. The van der Waals surface area contributed by atoms with Crippen LogP contribution in [0.15, 0.2) is 48.8 Å². The van der Waals surface area contributed by atoms with Gasteiger partial charge in [0.1, 0.15) is 5.82 Å². The molecular weight excluding hydrogens is 247 g/mol. The molecule has 0 saturated heterocycles. The van der Waals surface area contributed by atoms with Crippen molar-refractivity contribution in [3.05, 3.63) is 60.2 Å². The number of amides is 1. The summed E-state index contributed by atoms with van der Waals surface area (Å²) in [5, 5.41) is 6.76. The Morgan fingerprint density at radius 3 is 2.79 bits per heavy atom. The summed E-state index contributed by atoms with van der Waals surface area (Å²) in [7, 11) is 0. The van der Waals surface area contributed by atoms with Crippen molar-refractivity contribution in [1.82, 2.24) is 14.6 Å². The van der Waals surface area contributed by atoms with Gasteiger partial charge in [0.05, 0.1) is 6.20 Å². The number of carbonyl (C=O) groups is 1. The molecule has 0 radical (unpaired) electrons. The normalized spacial score (nSPS) is 10.6. The molecule has 0 saturated carbocycles. The fourth-order valence-electron chi connectivity index (χ4n) is 1.70. The van der Waals surface area contributed by atoms with Crippen molar-refractivity contribution >= 4 is 17.4 Å². The van der Waals surface area contributed by atoms with Crippen molar-refractivity contribution < 1.29 is 9.18 Å². The van der Waals surface area contributed by atoms with E-state index in [4.69, 9.17) is 0 Å². The van der Waals surface area contributed by atoms with Gasteiger partial charge in [-0.3, -0.25) is 4.79 Å². The molecule has 0 unspecified atom stereocenters. The first-order valence-electron chi connectivity index (χ1n) is 5.60. The van der Waals surface area contributed by atoms with Crippen molar-refractivity contribution in [3.63, 3.8) is 0 Å². The number of nitrogens with one attached hydrogen (secondary N) is 1. The van der Waals surface area contributed by atoms with E-state index in [1.807, 2.05) is 0 Å². The maximum atomic E-state index is 12.8. The van der Waals surface area contributed by atoms with E-state index in [2.05, 4.69) is 15.4 Å². The lowest BCUT2D eigenvalue weighted by Crippen LogP contribution is -2.13. The third kappa shape index (κ3) is 2.15. The molecule has 3 rings (SSSR count). The second-order valence-electron chi connectivity index (χ2n) is 3.90. The highest BCUT2D eigenvalue weighted by atomic mass is 19.1. The van der Waals surface area contributed by atoms with Crippen LogP contribution >= 0.6 is 0 Å². The first-order chi connectivity index (χ1) is 9.24. The number of anilines is 1. The number of imidazole rings is 1. The highest BCUT2D eigenvalue weighted by Crippen LogP contribution is 2.11. The minimum absolute atomic E-state index is 0.340. The smallest absolute Gasteiger partial charge is 0.256 e. The van der Waals surface area contributed by atoms with E-state index >= 15 is 0 Å². The molecular formula is C13H9FN4O. The summed E-state index contributed by atoms with van der Waals surface area (Å²) in [6.07, 6.45) is 3.12. The summed E-state index contributed by atoms with van der Waals surface area (Å²) in [5.41, 5.74) is 1.00. The van der Waals surface area contributed by atoms with Crippen LogP contribution in [0.25, 0.3) is 5.65 Å². The number of fused-ring (bicyclic) bond motifs is 1. The van der Waals surface area contributed by atoms with Gasteiger partial charge in [-0.2, -0.15) is 9.61 Å². The molecule has 0 fully saturated rings. The summed E-state index contributed by atoms with van der Waals surface area (Å²) in [4.78, 5) is 16.1. The number of halogens is 1. The molecule has 1 N–H and O–H groups in total. The Bertz CT molecular complexity index is 736. The third-order valence-corrected chi connectivity index (χ3v) is 2.63. The highest BCUT2D eigenvalue weighted by molar-refractivity contribution is 6.03. The topological polar surface area (TPSA) is 59.3 Å². The van der Waals surface area contributed by atoms with Crippen LogP contribution in [0.3, 0.4) is 0 Å². The Kier molecular flexibility index (Phi) is 2.68. The second kappa shape index (κ2) is 4.49. The fraction of sp³-hybridized carbons (Fsp3) is 0. The summed E-state index contributed by atoms with van der Waals surface area (Å²) in [6.45, 7) is 0. The molecule has 94 valence electrons. The van der Waals surface area contributed by atoms with Crippen LogP contribution in [0.2, 0.25) is 0 Å². The molecule has 3 aromatic rings. The molecule has 0 aliphatic heterocycles. The van der Waals surface area contributed by atoms with Crippen LogP contribution in [0, 0.1) is 5.82 Å². The van der Waals surface area contributed by atoms with Gasteiger partial charge in [0.15, 0.2) is 11.5 Å². The molecule has 0 bridgehead atoms. The summed E-state index contributed by atoms with van der Waals surface area (Å²) >= 11 is 0. The van der Waals surface area contributed by atoms with Gasteiger partial charge in [-0.15, -0.1) is 0 Å². The zero-order valence-corrected chi connectivity index (χ0v) is 9.75. The Morgan fingerprint density at radius 2 is 2.00 bits per heavy atom. The first kappa shape index (κ1) is 11.3. The van der Waals surface area contributed by atoms with Gasteiger partial charge >= 0.3 is 0 Å². The standard InChI is InChI=1S/C13H9FN4O/c14-10-5-3-9(4-6-10)13(19)17-12-8-15-11-2-1-7-16-18(11)12/h1-8H,(H,17,19). The van der Waals surface area contributed by atoms with Crippen molar-refractivity contribution in [2.75, 3.05) is 5.32 Å². The van der Waals surface area contributed by atoms with Crippen molar-refractivity contribution in [2.24, 2.45) is 0 Å². The Hall–Kier alpha value is -2.76. The van der Waals surface area contributed by atoms with Gasteiger partial charge in [0, 0.05) is 11.8 Å². The lowest BCUT2D eigenvalue weighted by molar-refractivity contribution is 0.102. The lowest BCUT2D eigenvalue weighted by atomic mass is 10.2. The van der Waals surface area contributed by atoms with Crippen LogP contribution in [0.4, 0.5) is 10.2 Å². The zero-order chi connectivity index (χ0) is 13.2. The molecule has 2 aromatic heterocycles. The zero-order valence-electron chi connectivity index (χ0n) is 9.75. The van der Waals surface area contributed by atoms with Gasteiger partial charge in [-0.1, -0.05) is 0 Å². The van der Waals surface area contributed by atoms with E-state index in [-0.39, 0.29) is 11.7 Å². The van der Waals surface area contributed by atoms with E-state index < -0.39 is 0 Å². The average Bonchev–Trinajstić information content (AvgIpc) is 2.83. The largest absolute Gasteiger partial charge is 0.305 e. The van der Waals surface area contributed by atoms with Crippen molar-refractivity contribution in [1.29, 1.82) is 0 Å². The van der Waals surface area contributed by atoms with Crippen LogP contribution in [-0.4, -0.2) is 20.5 Å². The Balaban J connectivity index is 1.89. The molecule has 2 heterocycles. The molecule has 0 aliphatic carbocycles. The summed E-state index contributed by atoms with van der Waals surface area (Å²) < 4.78 is 14.3. The molecule has 1 aromatic carbocycles. The number of carbonyl (C=O) groups excluding carboxylic acids is 1. The maximum Gasteiger partial charge on any atom is 0.256 e. The number of nitrogens with zero attached hydrogens (tertiary/aromatic N) is 3. The number of aromatic nitrogens is 3. The minimum atomic E-state index is -0.381. The quantitative estimate of drug-likeness (QED) is 0.764. The molecule has 5 nitrogen and oxygen atoms in total. The number of hydrogen-bond donors (Lipinski definition) is 1. The van der Waals surface area contributed by atoms with Crippen molar-refractivity contribution in [3.8, 4) is 0 Å². The van der Waals surface area contributed by atoms with E-state index in [1.54, 1.807) is 18.3 Å². The van der Waals surface area contributed by atoms with E-state index in [1.165, 1.54) is 35.0 Å². The van der Waals surface area contributed by atoms with E-state index in [9.17, 15) is 9.18 Å². The van der Waals surface area contributed by atoms with E-state index in [0.29, 0.717) is 17.0 Å². The van der Waals surface area contributed by atoms with Crippen molar-refractivity contribution in [2.45, 2.75) is 0 Å². The molecule has 19 heavy (non-hydrogen) atoms. The molecule has 0 spiro atoms. The maximum absolute atomic E-state index is 12.8. The first-order valence-corrected chi connectivity index (χ1v) is 5.60. The fourth-order valence-corrected chi connectivity index (χ4v) is 1.70. The monoisotopic (exact) mass is 256 g/mol. The molecule has 1 amide bonds. The molecule has 6 heteroatoms. The van der Waals surface area contributed by atoms with Crippen LogP contribution in [0.5, 0.6) is 0 Å². The molecule has 0 aliphatic rings. The van der Waals surface area contributed by atoms with Crippen LogP contribution in [0.1, 0.15) is 10.4 Å². The van der Waals surface area contributed by atoms with Gasteiger partial charge in [-0.25, -0.2) is 9.37 Å².